The number of hydrogen-bond acceptors (Lipinski definition) is 7. The number of urea groups is 1. The Morgan fingerprint density at radius 1 is 1.24 bits per heavy atom. The van der Waals surface area contributed by atoms with E-state index in [0.717, 1.165) is 0 Å². The van der Waals surface area contributed by atoms with Crippen molar-refractivity contribution in [3.8, 4) is 11.5 Å². The molecule has 0 radical (unpaired) electrons. The maximum Gasteiger partial charge on any atom is 0.329 e. The van der Waals surface area contributed by atoms with Gasteiger partial charge in [0.25, 0.3) is 11.6 Å². The predicted molar refractivity (Wildman–Crippen MR) is 119 cm³/mol. The van der Waals surface area contributed by atoms with E-state index in [-0.39, 0.29) is 18.0 Å². The Kier molecular flexibility index (Phi) is 7.28. The summed E-state index contributed by atoms with van der Waals surface area (Å²) in [5.41, 5.74) is 1.10. The molecule has 3 amide bonds. The molecule has 12 heteroatoms. The lowest BCUT2D eigenvalue weighted by atomic mass is 10.1. The van der Waals surface area contributed by atoms with Crippen molar-refractivity contribution in [1.29, 1.82) is 0 Å². The first-order valence-corrected chi connectivity index (χ1v) is 10.4. The van der Waals surface area contributed by atoms with Gasteiger partial charge >= 0.3 is 12.0 Å². The molecule has 0 bridgehead atoms. The van der Waals surface area contributed by atoms with Gasteiger partial charge in [-0.2, -0.15) is 0 Å². The number of nitro groups is 1. The molecule has 2 aromatic carbocycles. The molecule has 1 fully saturated rings. The third kappa shape index (κ3) is 5.66. The van der Waals surface area contributed by atoms with E-state index in [1.54, 1.807) is 31.2 Å². The van der Waals surface area contributed by atoms with E-state index in [9.17, 15) is 24.5 Å². The molecule has 172 valence electrons. The van der Waals surface area contributed by atoms with Gasteiger partial charge < -0.3 is 19.9 Å². The number of hydrogen-bond donors (Lipinski definition) is 2. The van der Waals surface area contributed by atoms with Crippen molar-refractivity contribution in [3.05, 3.63) is 67.8 Å². The minimum atomic E-state index is -1.31. The summed E-state index contributed by atoms with van der Waals surface area (Å²) in [6.45, 7) is 1.48. The normalized spacial score (nSPS) is 14.4. The number of imide groups is 1. The highest BCUT2D eigenvalue weighted by molar-refractivity contribution is 9.10. The molecule has 0 aliphatic carbocycles. The van der Waals surface area contributed by atoms with Crippen LogP contribution in [-0.2, 0) is 16.2 Å². The standard InChI is InChI=1S/C21H18BrN3O8/c1-2-32-17-9-13(8-16-20(28)24(10-18(26)27)21(29)23-16)7-15(22)19(17)33-11-12-3-5-14(6-4-12)25(30)31/h3-9H,2,10-11H2,1H3,(H,23,29)(H,26,27)/b16-8+. The van der Waals surface area contributed by atoms with Gasteiger partial charge in [-0.15, -0.1) is 0 Å². The van der Waals surface area contributed by atoms with E-state index in [2.05, 4.69) is 21.2 Å². The third-order valence-electron chi connectivity index (χ3n) is 4.43. The van der Waals surface area contributed by atoms with Crippen molar-refractivity contribution in [2.45, 2.75) is 13.5 Å². The Hall–Kier alpha value is -3.93. The molecule has 1 saturated heterocycles. The molecule has 2 N–H and O–H groups in total. The zero-order valence-corrected chi connectivity index (χ0v) is 18.8. The fourth-order valence-electron chi connectivity index (χ4n) is 2.96. The average molecular weight is 520 g/mol. The number of halogens is 1. The fraction of sp³-hybridized carbons (Fsp3) is 0.190. The Balaban J connectivity index is 1.83. The largest absolute Gasteiger partial charge is 0.490 e. The summed E-state index contributed by atoms with van der Waals surface area (Å²) in [6, 6.07) is 8.36. The van der Waals surface area contributed by atoms with Crippen LogP contribution in [0.25, 0.3) is 6.08 Å². The highest BCUT2D eigenvalue weighted by Gasteiger charge is 2.35. The van der Waals surface area contributed by atoms with Crippen molar-refractivity contribution >= 4 is 45.6 Å². The van der Waals surface area contributed by atoms with Gasteiger partial charge in [-0.05, 0) is 64.3 Å². The van der Waals surface area contributed by atoms with Crippen LogP contribution in [-0.4, -0.2) is 46.0 Å². The van der Waals surface area contributed by atoms with Gasteiger partial charge in [0.15, 0.2) is 11.5 Å². The lowest BCUT2D eigenvalue weighted by molar-refractivity contribution is -0.384. The van der Waals surface area contributed by atoms with Gasteiger partial charge in [-0.3, -0.25) is 19.7 Å². The molecule has 0 saturated carbocycles. The number of non-ortho nitro benzene ring substituents is 1. The number of aliphatic carboxylic acids is 1. The maximum absolute atomic E-state index is 12.3. The summed E-state index contributed by atoms with van der Waals surface area (Å²) in [5.74, 6) is -1.32. The topological polar surface area (TPSA) is 148 Å². The minimum absolute atomic E-state index is 0.0252. The van der Waals surface area contributed by atoms with E-state index in [1.165, 1.54) is 18.2 Å². The fourth-order valence-corrected chi connectivity index (χ4v) is 3.53. The minimum Gasteiger partial charge on any atom is -0.490 e. The molecule has 0 unspecified atom stereocenters. The van der Waals surface area contributed by atoms with Crippen LogP contribution in [0, 0.1) is 10.1 Å². The molecule has 11 nitrogen and oxygen atoms in total. The Morgan fingerprint density at radius 2 is 1.94 bits per heavy atom. The summed E-state index contributed by atoms with van der Waals surface area (Å²) < 4.78 is 12.0. The number of carbonyl (C=O) groups is 3. The Morgan fingerprint density at radius 3 is 2.55 bits per heavy atom. The molecule has 1 heterocycles. The SMILES string of the molecule is CCOc1cc(/C=C2/NC(=O)N(CC(=O)O)C2=O)cc(Br)c1OCc1ccc([N+](=O)[O-])cc1. The number of carboxylic acids is 1. The van der Waals surface area contributed by atoms with Gasteiger partial charge in [0.05, 0.1) is 16.0 Å². The van der Waals surface area contributed by atoms with E-state index in [0.29, 0.717) is 38.6 Å². The number of amides is 3. The van der Waals surface area contributed by atoms with E-state index < -0.39 is 29.4 Å². The second-order valence-corrected chi connectivity index (χ2v) is 7.60. The summed E-state index contributed by atoms with van der Waals surface area (Å²) in [7, 11) is 0. The maximum atomic E-state index is 12.3. The second-order valence-electron chi connectivity index (χ2n) is 6.75. The van der Waals surface area contributed by atoms with Crippen LogP contribution in [0.1, 0.15) is 18.1 Å². The zero-order valence-electron chi connectivity index (χ0n) is 17.2. The number of nitrogens with one attached hydrogen (secondary N) is 1. The predicted octanol–water partition coefficient (Wildman–Crippen LogP) is 3.31. The number of ether oxygens (including phenoxy) is 2. The monoisotopic (exact) mass is 519 g/mol. The van der Waals surface area contributed by atoms with Crippen LogP contribution >= 0.6 is 15.9 Å². The first-order chi connectivity index (χ1) is 15.7. The van der Waals surface area contributed by atoms with Crippen LogP contribution in [0.5, 0.6) is 11.5 Å². The smallest absolute Gasteiger partial charge is 0.329 e. The van der Waals surface area contributed by atoms with E-state index in [4.69, 9.17) is 14.6 Å². The summed E-state index contributed by atoms with van der Waals surface area (Å²) in [6.07, 6.45) is 1.40. The zero-order chi connectivity index (χ0) is 24.1. The molecule has 33 heavy (non-hydrogen) atoms. The number of benzene rings is 2. The van der Waals surface area contributed by atoms with Crippen LogP contribution in [0.3, 0.4) is 0 Å². The molecule has 0 spiro atoms. The lowest BCUT2D eigenvalue weighted by Crippen LogP contribution is -2.35. The number of carbonyl (C=O) groups excluding carboxylic acids is 2. The second kappa shape index (κ2) is 10.1. The lowest BCUT2D eigenvalue weighted by Gasteiger charge is -2.15. The van der Waals surface area contributed by atoms with Crippen LogP contribution in [0.2, 0.25) is 0 Å². The third-order valence-corrected chi connectivity index (χ3v) is 5.02. The van der Waals surface area contributed by atoms with Crippen LogP contribution in [0.4, 0.5) is 10.5 Å². The summed E-state index contributed by atoms with van der Waals surface area (Å²) in [4.78, 5) is 46.0. The first kappa shape index (κ1) is 23.7. The van der Waals surface area contributed by atoms with Crippen molar-refractivity contribution in [3.63, 3.8) is 0 Å². The van der Waals surface area contributed by atoms with Crippen molar-refractivity contribution in [2.75, 3.05) is 13.2 Å². The summed E-state index contributed by atoms with van der Waals surface area (Å²) >= 11 is 3.41. The molecule has 1 aliphatic heterocycles. The van der Waals surface area contributed by atoms with Gasteiger partial charge in [0.1, 0.15) is 18.8 Å². The molecule has 0 aromatic heterocycles. The molecule has 3 rings (SSSR count). The van der Waals surface area contributed by atoms with Gasteiger partial charge in [0.2, 0.25) is 0 Å². The van der Waals surface area contributed by atoms with Gasteiger partial charge in [-0.1, -0.05) is 0 Å². The summed E-state index contributed by atoms with van der Waals surface area (Å²) in [5, 5.41) is 22.0. The van der Waals surface area contributed by atoms with Crippen molar-refractivity contribution in [2.24, 2.45) is 0 Å². The average Bonchev–Trinajstić information content (AvgIpc) is 3.00. The van der Waals surface area contributed by atoms with Gasteiger partial charge in [-0.25, -0.2) is 9.69 Å². The van der Waals surface area contributed by atoms with Gasteiger partial charge in [0, 0.05) is 12.1 Å². The number of nitro benzene ring substituents is 1. The molecule has 1 aliphatic rings. The van der Waals surface area contributed by atoms with Crippen molar-refractivity contribution in [1.82, 2.24) is 10.2 Å². The van der Waals surface area contributed by atoms with E-state index in [1.807, 2.05) is 0 Å². The first-order valence-electron chi connectivity index (χ1n) is 9.58. The molecule has 0 atom stereocenters. The van der Waals surface area contributed by atoms with Crippen LogP contribution < -0.4 is 14.8 Å². The van der Waals surface area contributed by atoms with E-state index >= 15 is 0 Å². The highest BCUT2D eigenvalue weighted by Crippen LogP contribution is 2.38. The molecule has 2 aromatic rings. The number of nitrogens with zero attached hydrogens (tertiary/aromatic N) is 2. The number of rotatable bonds is 9. The van der Waals surface area contributed by atoms with Crippen LogP contribution in [0.15, 0.2) is 46.6 Å². The molecular formula is C21H18BrN3O8. The quantitative estimate of drug-likeness (QED) is 0.222. The highest BCUT2D eigenvalue weighted by atomic mass is 79.9. The number of carboxylic acid groups (broad SMARTS) is 1. The Bertz CT molecular complexity index is 1150. The van der Waals surface area contributed by atoms with Crippen molar-refractivity contribution < 1.29 is 33.9 Å². The Labute approximate surface area is 195 Å². The molecular weight excluding hydrogens is 502 g/mol.